The summed E-state index contributed by atoms with van der Waals surface area (Å²) in [4.78, 5) is 12.5. The minimum absolute atomic E-state index is 0.0952. The van der Waals surface area contributed by atoms with Crippen molar-refractivity contribution in [1.29, 1.82) is 0 Å². The van der Waals surface area contributed by atoms with E-state index in [-0.39, 0.29) is 6.10 Å². The molecule has 1 heterocycles. The van der Waals surface area contributed by atoms with Gasteiger partial charge in [0.25, 0.3) is 0 Å². The fraction of sp³-hybridized carbons (Fsp3) is 0.211. The van der Waals surface area contributed by atoms with Gasteiger partial charge in [-0.1, -0.05) is 29.8 Å². The second-order valence-corrected chi connectivity index (χ2v) is 6.10. The second kappa shape index (κ2) is 6.57. The Bertz CT molecular complexity index is 885. The van der Waals surface area contributed by atoms with Crippen LogP contribution >= 0.6 is 11.6 Å². The van der Waals surface area contributed by atoms with Crippen LogP contribution in [0.2, 0.25) is 5.02 Å². The third-order valence-corrected chi connectivity index (χ3v) is 3.86. The first-order chi connectivity index (χ1) is 11.5. The lowest BCUT2D eigenvalue weighted by molar-refractivity contribution is 0.0585. The fourth-order valence-corrected chi connectivity index (χ4v) is 2.89. The maximum absolute atomic E-state index is 12.5. The Morgan fingerprint density at radius 1 is 1.12 bits per heavy atom. The van der Waals surface area contributed by atoms with E-state index < -0.39 is 5.97 Å². The predicted octanol–water partition coefficient (Wildman–Crippen LogP) is 4.86. The van der Waals surface area contributed by atoms with Crippen molar-refractivity contribution in [2.75, 3.05) is 7.11 Å². The molecule has 5 heteroatoms. The van der Waals surface area contributed by atoms with Gasteiger partial charge >= 0.3 is 5.97 Å². The van der Waals surface area contributed by atoms with Gasteiger partial charge in [-0.15, -0.1) is 0 Å². The van der Waals surface area contributed by atoms with Crippen LogP contribution in [-0.4, -0.2) is 23.8 Å². The van der Waals surface area contributed by atoms with Crippen LogP contribution in [0.5, 0.6) is 5.75 Å². The Balaban J connectivity index is 2.42. The molecule has 0 aliphatic rings. The summed E-state index contributed by atoms with van der Waals surface area (Å²) in [5.41, 5.74) is 2.04. The van der Waals surface area contributed by atoms with Crippen molar-refractivity contribution in [3.8, 4) is 11.4 Å². The molecule has 0 fully saturated rings. The van der Waals surface area contributed by atoms with Gasteiger partial charge in [0.2, 0.25) is 0 Å². The lowest BCUT2D eigenvalue weighted by Gasteiger charge is -2.12. The summed E-state index contributed by atoms with van der Waals surface area (Å²) >= 11 is 6.17. The Morgan fingerprint density at radius 3 is 2.46 bits per heavy atom. The van der Waals surface area contributed by atoms with Crippen molar-refractivity contribution in [2.45, 2.75) is 20.0 Å². The largest absolute Gasteiger partial charge is 0.488 e. The molecule has 0 N–H and O–H groups in total. The van der Waals surface area contributed by atoms with Gasteiger partial charge in [0.15, 0.2) is 11.4 Å². The van der Waals surface area contributed by atoms with Crippen LogP contribution in [0.15, 0.2) is 48.5 Å². The first-order valence-corrected chi connectivity index (χ1v) is 8.05. The van der Waals surface area contributed by atoms with E-state index in [0.29, 0.717) is 16.5 Å². The zero-order chi connectivity index (χ0) is 17.3. The molecule has 0 bridgehead atoms. The monoisotopic (exact) mass is 343 g/mol. The molecule has 0 radical (unpaired) electrons. The summed E-state index contributed by atoms with van der Waals surface area (Å²) in [7, 11) is 1.36. The number of fused-ring (bicyclic) bond motifs is 1. The van der Waals surface area contributed by atoms with Crippen LogP contribution in [-0.2, 0) is 4.74 Å². The first kappa shape index (κ1) is 16.4. The van der Waals surface area contributed by atoms with E-state index in [0.717, 1.165) is 16.6 Å². The van der Waals surface area contributed by atoms with E-state index in [1.165, 1.54) is 7.11 Å². The second-order valence-electron chi connectivity index (χ2n) is 5.67. The Morgan fingerprint density at radius 2 is 1.83 bits per heavy atom. The number of halogens is 1. The number of carbonyl (C=O) groups is 1. The summed E-state index contributed by atoms with van der Waals surface area (Å²) < 4.78 is 12.8. The molecule has 0 saturated heterocycles. The van der Waals surface area contributed by atoms with E-state index >= 15 is 0 Å². The summed E-state index contributed by atoms with van der Waals surface area (Å²) in [5, 5.41) is 1.36. The summed E-state index contributed by atoms with van der Waals surface area (Å²) in [6, 6.07) is 15.1. The molecule has 0 aliphatic heterocycles. The fourth-order valence-electron chi connectivity index (χ4n) is 2.72. The maximum atomic E-state index is 12.5. The minimum Gasteiger partial charge on any atom is -0.488 e. The summed E-state index contributed by atoms with van der Waals surface area (Å²) in [6.07, 6.45) is -0.0952. The third kappa shape index (κ3) is 2.85. The van der Waals surface area contributed by atoms with Crippen molar-refractivity contribution < 1.29 is 14.3 Å². The molecule has 1 aromatic heterocycles. The average molecular weight is 344 g/mol. The highest BCUT2D eigenvalue weighted by Crippen LogP contribution is 2.38. The molecule has 24 heavy (non-hydrogen) atoms. The molecule has 0 aliphatic carbocycles. The molecule has 3 aromatic rings. The average Bonchev–Trinajstić information content (AvgIpc) is 2.88. The highest BCUT2D eigenvalue weighted by Gasteiger charge is 2.26. The summed E-state index contributed by atoms with van der Waals surface area (Å²) in [6.45, 7) is 3.83. The number of carbonyl (C=O) groups excluding carboxylic acids is 1. The topological polar surface area (TPSA) is 40.5 Å². The number of nitrogens with zero attached hydrogens (tertiary/aromatic N) is 1. The van der Waals surface area contributed by atoms with Crippen molar-refractivity contribution in [1.82, 2.24) is 4.57 Å². The minimum atomic E-state index is -0.457. The molecular weight excluding hydrogens is 326 g/mol. The number of hydrogen-bond donors (Lipinski definition) is 0. The number of rotatable bonds is 4. The molecule has 2 aromatic carbocycles. The number of methoxy groups -OCH3 is 1. The Hall–Kier alpha value is -2.46. The van der Waals surface area contributed by atoms with Crippen molar-refractivity contribution in [3.05, 3.63) is 59.2 Å². The van der Waals surface area contributed by atoms with Crippen molar-refractivity contribution >= 4 is 28.5 Å². The number of hydrogen-bond acceptors (Lipinski definition) is 3. The van der Waals surface area contributed by atoms with Gasteiger partial charge in [0, 0.05) is 16.1 Å². The quantitative estimate of drug-likeness (QED) is 0.635. The molecule has 3 rings (SSSR count). The SMILES string of the molecule is COC(=O)c1c(OC(C)C)c2cc(Cl)ccc2n1-c1ccccc1. The van der Waals surface area contributed by atoms with Crippen LogP contribution in [0.1, 0.15) is 24.3 Å². The van der Waals surface area contributed by atoms with Crippen LogP contribution < -0.4 is 4.74 Å². The van der Waals surface area contributed by atoms with Gasteiger partial charge in [-0.25, -0.2) is 4.79 Å². The standard InChI is InChI=1S/C19H18ClNO3/c1-12(2)24-18-15-11-13(20)9-10-16(15)21(17(18)19(22)23-3)14-7-5-4-6-8-14/h4-12H,1-3H3. The summed E-state index contributed by atoms with van der Waals surface area (Å²) in [5.74, 6) is 0.0278. The number of ether oxygens (including phenoxy) is 2. The first-order valence-electron chi connectivity index (χ1n) is 7.67. The highest BCUT2D eigenvalue weighted by atomic mass is 35.5. The Labute approximate surface area is 145 Å². The smallest absolute Gasteiger partial charge is 0.358 e. The predicted molar refractivity (Wildman–Crippen MR) is 95.4 cm³/mol. The van der Waals surface area contributed by atoms with Gasteiger partial charge in [0.1, 0.15) is 0 Å². The van der Waals surface area contributed by atoms with Crippen LogP contribution in [0, 0.1) is 0 Å². The van der Waals surface area contributed by atoms with E-state index in [9.17, 15) is 4.79 Å². The zero-order valence-corrected chi connectivity index (χ0v) is 14.5. The molecule has 4 nitrogen and oxygen atoms in total. The van der Waals surface area contributed by atoms with Crippen LogP contribution in [0.3, 0.4) is 0 Å². The zero-order valence-electron chi connectivity index (χ0n) is 13.7. The Kier molecular flexibility index (Phi) is 4.49. The van der Waals surface area contributed by atoms with E-state index in [1.54, 1.807) is 12.1 Å². The van der Waals surface area contributed by atoms with Crippen molar-refractivity contribution in [3.63, 3.8) is 0 Å². The van der Waals surface area contributed by atoms with Crippen molar-refractivity contribution in [2.24, 2.45) is 0 Å². The number of benzene rings is 2. The maximum Gasteiger partial charge on any atom is 0.358 e. The van der Waals surface area contributed by atoms with E-state index in [4.69, 9.17) is 21.1 Å². The molecular formula is C19H18ClNO3. The van der Waals surface area contributed by atoms with Gasteiger partial charge in [0.05, 0.1) is 18.7 Å². The molecule has 0 amide bonds. The van der Waals surface area contributed by atoms with E-state index in [1.807, 2.05) is 54.8 Å². The molecule has 0 saturated carbocycles. The van der Waals surface area contributed by atoms with Gasteiger partial charge in [-0.3, -0.25) is 0 Å². The van der Waals surface area contributed by atoms with Gasteiger partial charge in [-0.05, 0) is 44.2 Å². The van der Waals surface area contributed by atoms with Crippen LogP contribution in [0.25, 0.3) is 16.6 Å². The molecule has 0 spiro atoms. The van der Waals surface area contributed by atoms with Crippen LogP contribution in [0.4, 0.5) is 0 Å². The normalized spacial score (nSPS) is 11.0. The molecule has 124 valence electrons. The molecule has 0 atom stereocenters. The third-order valence-electron chi connectivity index (χ3n) is 3.63. The highest BCUT2D eigenvalue weighted by molar-refractivity contribution is 6.31. The number of para-hydroxylation sites is 1. The lowest BCUT2D eigenvalue weighted by atomic mass is 10.2. The number of aromatic nitrogens is 1. The lowest BCUT2D eigenvalue weighted by Crippen LogP contribution is -2.13. The van der Waals surface area contributed by atoms with Gasteiger partial charge in [-0.2, -0.15) is 0 Å². The van der Waals surface area contributed by atoms with E-state index in [2.05, 4.69) is 0 Å². The van der Waals surface area contributed by atoms with Gasteiger partial charge < -0.3 is 14.0 Å². The molecule has 0 unspecified atom stereocenters. The number of esters is 1.